The number of thioether (sulfide) groups is 1. The summed E-state index contributed by atoms with van der Waals surface area (Å²) in [5.74, 6) is 2.86. The lowest BCUT2D eigenvalue weighted by atomic mass is 10.2. The summed E-state index contributed by atoms with van der Waals surface area (Å²) in [5.41, 5.74) is 3.75. The number of benzene rings is 1. The quantitative estimate of drug-likeness (QED) is 0.863. The van der Waals surface area contributed by atoms with E-state index in [1.165, 1.54) is 11.8 Å². The van der Waals surface area contributed by atoms with Crippen LogP contribution in [-0.2, 0) is 9.63 Å². The van der Waals surface area contributed by atoms with Crippen LogP contribution in [0.25, 0.3) is 0 Å². The Balaban J connectivity index is 1.91. The van der Waals surface area contributed by atoms with Gasteiger partial charge in [-0.2, -0.15) is 0 Å². The van der Waals surface area contributed by atoms with Crippen LogP contribution < -0.4 is 10.2 Å². The first-order chi connectivity index (χ1) is 9.19. The largest absolute Gasteiger partial charge is 0.497 e. The number of amidine groups is 1. The number of ketones is 1. The Labute approximate surface area is 116 Å². The summed E-state index contributed by atoms with van der Waals surface area (Å²) in [7, 11) is 1.63. The second kappa shape index (κ2) is 6.58. The Hall–Kier alpha value is -1.53. The van der Waals surface area contributed by atoms with Gasteiger partial charge in [-0.05, 0) is 19.1 Å². The molecule has 1 heterocycles. The highest BCUT2D eigenvalue weighted by molar-refractivity contribution is 8.00. The van der Waals surface area contributed by atoms with Gasteiger partial charge in [0.15, 0.2) is 0 Å². The summed E-state index contributed by atoms with van der Waals surface area (Å²) >= 11 is 1.52. The van der Waals surface area contributed by atoms with Gasteiger partial charge in [-0.1, -0.05) is 12.1 Å². The summed E-state index contributed by atoms with van der Waals surface area (Å²) in [6.45, 7) is 1.58. The van der Waals surface area contributed by atoms with Crippen molar-refractivity contribution >= 4 is 23.4 Å². The number of Topliss-reactive ketones (excluding diaryl/α,β-unsaturated/α-hetero) is 1. The number of carbonyl (C=O) groups is 1. The molecule has 1 aromatic rings. The number of hydrogen-bond donors (Lipinski definition) is 1. The molecule has 0 bridgehead atoms. The average Bonchev–Trinajstić information content (AvgIpc) is 2.87. The summed E-state index contributed by atoms with van der Waals surface area (Å²) in [6.07, 6.45) is -0.334. The fourth-order valence-electron chi connectivity index (χ4n) is 1.59. The molecule has 0 spiro atoms. The van der Waals surface area contributed by atoms with E-state index < -0.39 is 0 Å². The first kappa shape index (κ1) is 13.9. The van der Waals surface area contributed by atoms with Crippen molar-refractivity contribution < 1.29 is 14.4 Å². The average molecular weight is 280 g/mol. The highest BCUT2D eigenvalue weighted by Gasteiger charge is 2.19. The molecule has 1 unspecified atom stereocenters. The number of nitrogens with zero attached hydrogens (tertiary/aromatic N) is 1. The lowest BCUT2D eigenvalue weighted by Crippen LogP contribution is -2.19. The van der Waals surface area contributed by atoms with Gasteiger partial charge in [-0.3, -0.25) is 4.79 Å². The number of ether oxygens (including phenoxy) is 1. The van der Waals surface area contributed by atoms with Crippen LogP contribution in [0.1, 0.15) is 18.7 Å². The lowest BCUT2D eigenvalue weighted by Gasteiger charge is -2.06. The molecule has 6 heteroatoms. The topological polar surface area (TPSA) is 59.9 Å². The molecule has 1 N–H and O–H groups in total. The first-order valence-corrected chi connectivity index (χ1v) is 7.04. The Kier molecular flexibility index (Phi) is 4.81. The summed E-state index contributed by atoms with van der Waals surface area (Å²) in [6, 6.07) is 7.58. The summed E-state index contributed by atoms with van der Waals surface area (Å²) < 4.78 is 5.10. The lowest BCUT2D eigenvalue weighted by molar-refractivity contribution is -0.114. The molecular formula is C13H16N2O3S. The third-order valence-electron chi connectivity index (χ3n) is 2.51. The maximum absolute atomic E-state index is 10.8. The number of hydroxylamine groups is 1. The molecule has 1 aliphatic rings. The third kappa shape index (κ3) is 3.97. The van der Waals surface area contributed by atoms with Crippen molar-refractivity contribution in [3.8, 4) is 5.75 Å². The maximum atomic E-state index is 10.8. The number of methoxy groups -OCH3 is 1. The molecule has 1 aliphatic heterocycles. The predicted octanol–water partition coefficient (Wildman–Crippen LogP) is 1.95. The number of nitrogens with one attached hydrogen (secondary N) is 1. The van der Waals surface area contributed by atoms with Crippen LogP contribution in [0.2, 0.25) is 0 Å². The molecule has 0 fully saturated rings. The van der Waals surface area contributed by atoms with Crippen LogP contribution >= 0.6 is 11.8 Å². The summed E-state index contributed by atoms with van der Waals surface area (Å²) in [5, 5.41) is 0. The van der Waals surface area contributed by atoms with Crippen molar-refractivity contribution in [2.75, 3.05) is 18.6 Å². The molecule has 2 rings (SSSR count). The van der Waals surface area contributed by atoms with Gasteiger partial charge in [0.2, 0.25) is 6.23 Å². The highest BCUT2D eigenvalue weighted by Crippen LogP contribution is 2.24. The molecule has 0 saturated carbocycles. The Bertz CT molecular complexity index is 473. The molecule has 5 nitrogen and oxygen atoms in total. The molecule has 0 aromatic heterocycles. The van der Waals surface area contributed by atoms with Crippen molar-refractivity contribution in [2.45, 2.75) is 13.2 Å². The summed E-state index contributed by atoms with van der Waals surface area (Å²) in [4.78, 5) is 20.7. The van der Waals surface area contributed by atoms with Gasteiger partial charge in [-0.15, -0.1) is 11.8 Å². The van der Waals surface area contributed by atoms with Gasteiger partial charge in [0.1, 0.15) is 17.4 Å². The van der Waals surface area contributed by atoms with Crippen LogP contribution in [0.4, 0.5) is 0 Å². The smallest absolute Gasteiger partial charge is 0.202 e. The number of hydrogen-bond acceptors (Lipinski definition) is 6. The Morgan fingerprint density at radius 3 is 2.84 bits per heavy atom. The van der Waals surface area contributed by atoms with Gasteiger partial charge in [-0.25, -0.2) is 15.3 Å². The molecule has 0 aliphatic carbocycles. The van der Waals surface area contributed by atoms with Gasteiger partial charge in [0.05, 0.1) is 18.6 Å². The second-order valence-electron chi connectivity index (χ2n) is 4.12. The van der Waals surface area contributed by atoms with Crippen LogP contribution in [0.3, 0.4) is 0 Å². The first-order valence-electron chi connectivity index (χ1n) is 5.88. The molecule has 0 radical (unpaired) electrons. The second-order valence-corrected chi connectivity index (χ2v) is 5.10. The molecule has 0 amide bonds. The van der Waals surface area contributed by atoms with E-state index in [4.69, 9.17) is 9.57 Å². The van der Waals surface area contributed by atoms with Crippen LogP contribution in [0.5, 0.6) is 5.75 Å². The van der Waals surface area contributed by atoms with Gasteiger partial charge < -0.3 is 4.74 Å². The van der Waals surface area contributed by atoms with E-state index in [9.17, 15) is 4.79 Å². The van der Waals surface area contributed by atoms with Gasteiger partial charge in [0, 0.05) is 5.56 Å². The van der Waals surface area contributed by atoms with E-state index in [0.717, 1.165) is 17.1 Å². The van der Waals surface area contributed by atoms with Crippen LogP contribution in [0.15, 0.2) is 29.3 Å². The minimum Gasteiger partial charge on any atom is -0.497 e. The predicted molar refractivity (Wildman–Crippen MR) is 75.4 cm³/mol. The van der Waals surface area contributed by atoms with E-state index in [1.54, 1.807) is 14.0 Å². The fourth-order valence-corrected chi connectivity index (χ4v) is 2.30. The zero-order valence-corrected chi connectivity index (χ0v) is 11.7. The van der Waals surface area contributed by atoms with Crippen LogP contribution in [-0.4, -0.2) is 30.2 Å². The molecular weight excluding hydrogens is 264 g/mol. The Morgan fingerprint density at radius 2 is 2.21 bits per heavy atom. The minimum absolute atomic E-state index is 0.163. The van der Waals surface area contributed by atoms with Crippen molar-refractivity contribution in [3.63, 3.8) is 0 Å². The Morgan fingerprint density at radius 1 is 1.47 bits per heavy atom. The zero-order chi connectivity index (χ0) is 13.7. The van der Waals surface area contributed by atoms with E-state index in [-0.39, 0.29) is 12.0 Å². The highest BCUT2D eigenvalue weighted by atomic mass is 32.2. The molecule has 102 valence electrons. The SMILES string of the molecule is COc1ccc(C2N=C(CSCC(C)=O)NO2)cc1. The van der Waals surface area contributed by atoms with Gasteiger partial charge in [0.25, 0.3) is 0 Å². The molecule has 1 aromatic carbocycles. The van der Waals surface area contributed by atoms with Crippen molar-refractivity contribution in [1.82, 2.24) is 5.48 Å². The zero-order valence-electron chi connectivity index (χ0n) is 10.9. The fraction of sp³-hybridized carbons (Fsp3) is 0.385. The van der Waals surface area contributed by atoms with Crippen LogP contribution in [0, 0.1) is 0 Å². The normalized spacial score (nSPS) is 17.8. The van der Waals surface area contributed by atoms with E-state index in [2.05, 4.69) is 10.5 Å². The molecule has 0 saturated heterocycles. The van der Waals surface area contributed by atoms with Crippen molar-refractivity contribution in [3.05, 3.63) is 29.8 Å². The number of aliphatic imine (C=N–C) groups is 1. The van der Waals surface area contributed by atoms with E-state index in [0.29, 0.717) is 11.5 Å². The third-order valence-corrected chi connectivity index (χ3v) is 3.59. The van der Waals surface area contributed by atoms with Crippen molar-refractivity contribution in [1.29, 1.82) is 0 Å². The number of carbonyl (C=O) groups excluding carboxylic acids is 1. The van der Waals surface area contributed by atoms with E-state index >= 15 is 0 Å². The monoisotopic (exact) mass is 280 g/mol. The molecule has 1 atom stereocenters. The maximum Gasteiger partial charge on any atom is 0.202 e. The van der Waals surface area contributed by atoms with Crippen molar-refractivity contribution in [2.24, 2.45) is 4.99 Å². The number of rotatable bonds is 6. The minimum atomic E-state index is -0.334. The standard InChI is InChI=1S/C13H16N2O3S/c1-9(16)7-19-8-12-14-13(18-15-12)10-3-5-11(17-2)6-4-10/h3-6,13H,7-8H2,1-2H3,(H,14,15). The molecule has 19 heavy (non-hydrogen) atoms. The van der Waals surface area contributed by atoms with Gasteiger partial charge >= 0.3 is 0 Å². The van der Waals surface area contributed by atoms with E-state index in [1.807, 2.05) is 24.3 Å².